The molecule has 1 aromatic carbocycles. The number of primary amides is 1. The average molecular weight is 362 g/mol. The van der Waals surface area contributed by atoms with E-state index >= 15 is 0 Å². The number of hydrogen-bond donors (Lipinski definition) is 2. The zero-order chi connectivity index (χ0) is 13.5. The first-order valence-corrected chi connectivity index (χ1v) is 6.61. The second kappa shape index (κ2) is 7.20. The molecule has 6 heteroatoms. The summed E-state index contributed by atoms with van der Waals surface area (Å²) in [5, 5.41) is 2.55. The Morgan fingerprint density at radius 1 is 1.44 bits per heavy atom. The van der Waals surface area contributed by atoms with Crippen molar-refractivity contribution < 1.29 is 14.3 Å². The van der Waals surface area contributed by atoms with Gasteiger partial charge in [0.25, 0.3) is 0 Å². The van der Waals surface area contributed by atoms with Crippen molar-refractivity contribution in [2.45, 2.75) is 19.8 Å². The van der Waals surface area contributed by atoms with Gasteiger partial charge in [-0.05, 0) is 53.6 Å². The van der Waals surface area contributed by atoms with Crippen molar-refractivity contribution in [2.24, 2.45) is 5.73 Å². The van der Waals surface area contributed by atoms with Crippen LogP contribution in [0.5, 0.6) is 0 Å². The second-order valence-electron chi connectivity index (χ2n) is 3.60. The third kappa shape index (κ3) is 4.91. The highest BCUT2D eigenvalue weighted by atomic mass is 127. The molecule has 0 aromatic heterocycles. The minimum atomic E-state index is -0.616. The lowest BCUT2D eigenvalue weighted by atomic mass is 10.1. The van der Waals surface area contributed by atoms with E-state index in [4.69, 9.17) is 10.5 Å². The SMILES string of the molecule is CCOC(=O)CCc1ccc(I)cc1NC(N)=O. The Labute approximate surface area is 119 Å². The number of benzene rings is 1. The summed E-state index contributed by atoms with van der Waals surface area (Å²) >= 11 is 2.14. The third-order valence-electron chi connectivity index (χ3n) is 2.23. The fourth-order valence-electron chi connectivity index (χ4n) is 1.49. The van der Waals surface area contributed by atoms with Gasteiger partial charge in [-0.15, -0.1) is 0 Å². The maximum absolute atomic E-state index is 11.3. The van der Waals surface area contributed by atoms with Crippen LogP contribution in [-0.2, 0) is 16.0 Å². The number of halogens is 1. The summed E-state index contributed by atoms with van der Waals surface area (Å²) in [4.78, 5) is 22.2. The largest absolute Gasteiger partial charge is 0.466 e. The van der Waals surface area contributed by atoms with E-state index in [9.17, 15) is 9.59 Å². The Morgan fingerprint density at radius 3 is 2.78 bits per heavy atom. The monoisotopic (exact) mass is 362 g/mol. The van der Waals surface area contributed by atoms with Crippen LogP contribution in [0.2, 0.25) is 0 Å². The Balaban J connectivity index is 2.74. The van der Waals surface area contributed by atoms with Gasteiger partial charge in [-0.25, -0.2) is 4.79 Å². The molecule has 0 unspecified atom stereocenters. The molecule has 0 spiro atoms. The molecule has 0 heterocycles. The molecule has 0 aliphatic carbocycles. The highest BCUT2D eigenvalue weighted by molar-refractivity contribution is 14.1. The van der Waals surface area contributed by atoms with Gasteiger partial charge in [0.1, 0.15) is 0 Å². The summed E-state index contributed by atoms with van der Waals surface area (Å²) in [5.74, 6) is -0.249. The molecule has 18 heavy (non-hydrogen) atoms. The maximum Gasteiger partial charge on any atom is 0.316 e. The lowest BCUT2D eigenvalue weighted by molar-refractivity contribution is -0.143. The zero-order valence-electron chi connectivity index (χ0n) is 10.0. The van der Waals surface area contributed by atoms with E-state index in [-0.39, 0.29) is 12.4 Å². The van der Waals surface area contributed by atoms with Crippen LogP contribution in [0.1, 0.15) is 18.9 Å². The first kappa shape index (κ1) is 14.7. The predicted octanol–water partition coefficient (Wildman–Crippen LogP) is 2.28. The number of urea groups is 1. The van der Waals surface area contributed by atoms with Gasteiger partial charge >= 0.3 is 12.0 Å². The molecule has 0 aliphatic rings. The molecular formula is C12H15IN2O3. The highest BCUT2D eigenvalue weighted by Gasteiger charge is 2.08. The van der Waals surface area contributed by atoms with E-state index in [2.05, 4.69) is 27.9 Å². The molecule has 1 aromatic rings. The molecule has 2 amide bonds. The molecular weight excluding hydrogens is 347 g/mol. The fourth-order valence-corrected chi connectivity index (χ4v) is 1.98. The second-order valence-corrected chi connectivity index (χ2v) is 4.84. The van der Waals surface area contributed by atoms with Gasteiger partial charge in [-0.2, -0.15) is 0 Å². The fraction of sp³-hybridized carbons (Fsp3) is 0.333. The highest BCUT2D eigenvalue weighted by Crippen LogP contribution is 2.20. The molecule has 0 fully saturated rings. The lowest BCUT2D eigenvalue weighted by Crippen LogP contribution is -2.20. The number of nitrogens with one attached hydrogen (secondary N) is 1. The maximum atomic E-state index is 11.3. The van der Waals surface area contributed by atoms with Crippen molar-refractivity contribution in [3.63, 3.8) is 0 Å². The van der Waals surface area contributed by atoms with Crippen molar-refractivity contribution >= 4 is 40.3 Å². The smallest absolute Gasteiger partial charge is 0.316 e. The Morgan fingerprint density at radius 2 is 2.17 bits per heavy atom. The molecule has 0 aliphatic heterocycles. The Kier molecular flexibility index (Phi) is 5.90. The van der Waals surface area contributed by atoms with Crippen LogP contribution >= 0.6 is 22.6 Å². The number of amides is 2. The number of carbonyl (C=O) groups is 2. The van der Waals surface area contributed by atoms with Crippen molar-refractivity contribution in [1.82, 2.24) is 0 Å². The molecule has 0 saturated carbocycles. The molecule has 0 radical (unpaired) electrons. The average Bonchev–Trinajstić information content (AvgIpc) is 2.27. The summed E-state index contributed by atoms with van der Waals surface area (Å²) in [5.41, 5.74) is 6.60. The number of esters is 1. The van der Waals surface area contributed by atoms with Gasteiger partial charge in [0.2, 0.25) is 0 Å². The first-order valence-electron chi connectivity index (χ1n) is 5.53. The van der Waals surface area contributed by atoms with Gasteiger partial charge in [0.05, 0.1) is 6.61 Å². The van der Waals surface area contributed by atoms with Crippen LogP contribution in [0, 0.1) is 3.57 Å². The molecule has 0 bridgehead atoms. The summed E-state index contributed by atoms with van der Waals surface area (Å²) in [6, 6.07) is 4.97. The predicted molar refractivity (Wildman–Crippen MR) is 77.3 cm³/mol. The van der Waals surface area contributed by atoms with Crippen molar-refractivity contribution in [3.8, 4) is 0 Å². The van der Waals surface area contributed by atoms with Crippen LogP contribution in [0.3, 0.4) is 0 Å². The number of nitrogens with two attached hydrogens (primary N) is 1. The zero-order valence-corrected chi connectivity index (χ0v) is 12.2. The number of ether oxygens (including phenoxy) is 1. The normalized spacial score (nSPS) is 9.89. The minimum absolute atomic E-state index is 0.249. The third-order valence-corrected chi connectivity index (χ3v) is 2.90. The van der Waals surface area contributed by atoms with Gasteiger partial charge in [-0.3, -0.25) is 4.79 Å². The van der Waals surface area contributed by atoms with E-state index in [1.807, 2.05) is 18.2 Å². The van der Waals surface area contributed by atoms with E-state index in [1.54, 1.807) is 6.92 Å². The van der Waals surface area contributed by atoms with Crippen molar-refractivity contribution in [1.29, 1.82) is 0 Å². The Bertz CT molecular complexity index is 449. The standard InChI is InChI=1S/C12H15IN2O3/c1-2-18-11(16)6-4-8-3-5-9(13)7-10(8)15-12(14)17/h3,5,7H,2,4,6H2,1H3,(H3,14,15,17). The molecule has 0 saturated heterocycles. The van der Waals surface area contributed by atoms with Gasteiger partial charge in [0, 0.05) is 15.7 Å². The van der Waals surface area contributed by atoms with Crippen molar-refractivity contribution in [2.75, 3.05) is 11.9 Å². The van der Waals surface area contributed by atoms with Crippen LogP contribution < -0.4 is 11.1 Å². The quantitative estimate of drug-likeness (QED) is 0.623. The van der Waals surface area contributed by atoms with Crippen LogP contribution in [0.15, 0.2) is 18.2 Å². The van der Waals surface area contributed by atoms with Gasteiger partial charge in [-0.1, -0.05) is 6.07 Å². The first-order chi connectivity index (χ1) is 8.52. The molecule has 3 N–H and O–H groups in total. The van der Waals surface area contributed by atoms with Crippen LogP contribution in [-0.4, -0.2) is 18.6 Å². The number of aryl methyl sites for hydroxylation is 1. The lowest BCUT2D eigenvalue weighted by Gasteiger charge is -2.10. The van der Waals surface area contributed by atoms with Gasteiger partial charge in [0.15, 0.2) is 0 Å². The van der Waals surface area contributed by atoms with Crippen LogP contribution in [0.25, 0.3) is 0 Å². The van der Waals surface area contributed by atoms with E-state index in [1.165, 1.54) is 0 Å². The van der Waals surface area contributed by atoms with E-state index < -0.39 is 6.03 Å². The van der Waals surface area contributed by atoms with Gasteiger partial charge < -0.3 is 15.8 Å². The summed E-state index contributed by atoms with van der Waals surface area (Å²) in [6.45, 7) is 2.14. The number of rotatable bonds is 5. The number of anilines is 1. The summed E-state index contributed by atoms with van der Waals surface area (Å²) < 4.78 is 5.84. The molecule has 1 rings (SSSR count). The minimum Gasteiger partial charge on any atom is -0.466 e. The van der Waals surface area contributed by atoms with E-state index in [0.717, 1.165) is 9.13 Å². The van der Waals surface area contributed by atoms with Crippen LogP contribution in [0.4, 0.5) is 10.5 Å². The summed E-state index contributed by atoms with van der Waals surface area (Å²) in [7, 11) is 0. The van der Waals surface area contributed by atoms with E-state index in [0.29, 0.717) is 18.7 Å². The molecule has 5 nitrogen and oxygen atoms in total. The summed E-state index contributed by atoms with van der Waals surface area (Å²) in [6.07, 6.45) is 0.785. The topological polar surface area (TPSA) is 81.4 Å². The Hall–Kier alpha value is -1.31. The van der Waals surface area contributed by atoms with Crippen molar-refractivity contribution in [3.05, 3.63) is 27.3 Å². The molecule has 0 atom stereocenters. The number of hydrogen-bond acceptors (Lipinski definition) is 3. The number of carbonyl (C=O) groups excluding carboxylic acids is 2. The molecule has 98 valence electrons.